The fourth-order valence-corrected chi connectivity index (χ4v) is 1.82. The van der Waals surface area contributed by atoms with Gasteiger partial charge in [0.25, 0.3) is 5.91 Å². The predicted molar refractivity (Wildman–Crippen MR) is 77.2 cm³/mol. The number of amides is 2. The lowest BCUT2D eigenvalue weighted by molar-refractivity contribution is -0.120. The predicted octanol–water partition coefficient (Wildman–Crippen LogP) is 0.683. The van der Waals surface area contributed by atoms with Crippen LogP contribution in [0.2, 0.25) is 0 Å². The van der Waals surface area contributed by atoms with E-state index in [2.05, 4.69) is 15.6 Å². The van der Waals surface area contributed by atoms with Gasteiger partial charge < -0.3 is 16.4 Å². The van der Waals surface area contributed by atoms with Crippen molar-refractivity contribution in [2.24, 2.45) is 0 Å². The highest BCUT2D eigenvalue weighted by atomic mass is 16.2. The molecule has 0 radical (unpaired) electrons. The molecule has 6 nitrogen and oxygen atoms in total. The Hall–Kier alpha value is -2.63. The van der Waals surface area contributed by atoms with Crippen LogP contribution in [-0.2, 0) is 4.79 Å². The van der Waals surface area contributed by atoms with E-state index in [-0.39, 0.29) is 30.5 Å². The van der Waals surface area contributed by atoms with Gasteiger partial charge >= 0.3 is 0 Å². The molecular formula is C14H16N4O2. The summed E-state index contributed by atoms with van der Waals surface area (Å²) < 4.78 is 0. The van der Waals surface area contributed by atoms with Gasteiger partial charge in [-0.15, -0.1) is 0 Å². The summed E-state index contributed by atoms with van der Waals surface area (Å²) in [5.41, 5.74) is 7.33. The largest absolute Gasteiger partial charge is 0.398 e. The zero-order valence-corrected chi connectivity index (χ0v) is 11.1. The van der Waals surface area contributed by atoms with Crippen molar-refractivity contribution in [3.05, 3.63) is 36.0 Å². The maximum atomic E-state index is 11.9. The lowest BCUT2D eigenvalue weighted by Crippen LogP contribution is -2.29. The second-order valence-electron chi connectivity index (χ2n) is 4.29. The molecule has 0 aliphatic rings. The number of nitrogens with two attached hydrogens (primary N) is 1. The molecule has 20 heavy (non-hydrogen) atoms. The molecule has 0 atom stereocenters. The number of hydrogen-bond donors (Lipinski definition) is 3. The Labute approximate surface area is 116 Å². The number of pyridine rings is 1. The highest BCUT2D eigenvalue weighted by molar-refractivity contribution is 5.99. The summed E-state index contributed by atoms with van der Waals surface area (Å²) in [6.45, 7) is 0.257. The Morgan fingerprint density at radius 3 is 2.80 bits per heavy atom. The molecule has 2 amide bonds. The Balaban J connectivity index is 2.12. The van der Waals surface area contributed by atoms with Crippen molar-refractivity contribution in [3.63, 3.8) is 0 Å². The molecule has 0 aliphatic carbocycles. The van der Waals surface area contributed by atoms with E-state index in [4.69, 9.17) is 5.73 Å². The third kappa shape index (κ3) is 3.03. The van der Waals surface area contributed by atoms with E-state index in [0.717, 1.165) is 5.39 Å². The van der Waals surface area contributed by atoms with Crippen LogP contribution in [0.1, 0.15) is 16.9 Å². The molecule has 0 aliphatic heterocycles. The van der Waals surface area contributed by atoms with Gasteiger partial charge in [0, 0.05) is 31.1 Å². The fraction of sp³-hybridized carbons (Fsp3) is 0.214. The number of benzene rings is 1. The minimum Gasteiger partial charge on any atom is -0.398 e. The molecule has 4 N–H and O–H groups in total. The van der Waals surface area contributed by atoms with Gasteiger partial charge in [0.1, 0.15) is 5.69 Å². The van der Waals surface area contributed by atoms with E-state index in [1.165, 1.54) is 6.07 Å². The van der Waals surface area contributed by atoms with E-state index in [0.29, 0.717) is 11.2 Å². The van der Waals surface area contributed by atoms with Crippen LogP contribution in [0.5, 0.6) is 0 Å². The maximum Gasteiger partial charge on any atom is 0.269 e. The minimum absolute atomic E-state index is 0.128. The van der Waals surface area contributed by atoms with E-state index in [1.807, 2.05) is 18.2 Å². The summed E-state index contributed by atoms with van der Waals surface area (Å²) in [6, 6.07) is 8.89. The quantitative estimate of drug-likeness (QED) is 0.762. The van der Waals surface area contributed by atoms with Crippen LogP contribution in [0.15, 0.2) is 30.3 Å². The van der Waals surface area contributed by atoms with Crippen molar-refractivity contribution in [2.45, 2.75) is 6.42 Å². The Morgan fingerprint density at radius 2 is 2.05 bits per heavy atom. The number of aromatic nitrogens is 1. The van der Waals surface area contributed by atoms with Crippen LogP contribution in [0.3, 0.4) is 0 Å². The van der Waals surface area contributed by atoms with Gasteiger partial charge in [-0.05, 0) is 12.1 Å². The van der Waals surface area contributed by atoms with Gasteiger partial charge in [0.15, 0.2) is 0 Å². The lowest BCUT2D eigenvalue weighted by Gasteiger charge is -2.07. The van der Waals surface area contributed by atoms with Crippen molar-refractivity contribution in [1.29, 1.82) is 0 Å². The number of hydrogen-bond acceptors (Lipinski definition) is 4. The molecule has 1 aromatic heterocycles. The van der Waals surface area contributed by atoms with Crippen LogP contribution in [0, 0.1) is 0 Å². The molecule has 0 saturated heterocycles. The van der Waals surface area contributed by atoms with Gasteiger partial charge in [0.2, 0.25) is 5.91 Å². The lowest BCUT2D eigenvalue weighted by atomic mass is 10.1. The molecule has 1 aromatic carbocycles. The van der Waals surface area contributed by atoms with Crippen LogP contribution in [0.4, 0.5) is 5.69 Å². The van der Waals surface area contributed by atoms with Crippen molar-refractivity contribution in [2.75, 3.05) is 19.3 Å². The molecule has 1 heterocycles. The first-order chi connectivity index (χ1) is 9.61. The maximum absolute atomic E-state index is 11.9. The van der Waals surface area contributed by atoms with Gasteiger partial charge in [-0.1, -0.05) is 18.2 Å². The molecule has 6 heteroatoms. The number of nitrogens with zero attached hydrogens (tertiary/aromatic N) is 1. The number of fused-ring (bicyclic) bond motifs is 1. The topological polar surface area (TPSA) is 97.1 Å². The summed E-state index contributed by atoms with van der Waals surface area (Å²) in [7, 11) is 1.55. The van der Waals surface area contributed by atoms with Crippen molar-refractivity contribution >= 4 is 28.4 Å². The van der Waals surface area contributed by atoms with Crippen LogP contribution in [0.25, 0.3) is 10.9 Å². The zero-order chi connectivity index (χ0) is 14.5. The highest BCUT2D eigenvalue weighted by Gasteiger charge is 2.10. The average Bonchev–Trinajstić information content (AvgIpc) is 2.46. The Kier molecular flexibility index (Phi) is 4.14. The molecule has 2 rings (SSSR count). The number of anilines is 1. The SMILES string of the molecule is CNC(=O)CCNC(=O)c1cc(N)c2ccccc2n1. The zero-order valence-electron chi connectivity index (χ0n) is 11.1. The molecule has 0 fully saturated rings. The normalized spacial score (nSPS) is 10.2. The first-order valence-electron chi connectivity index (χ1n) is 6.26. The molecule has 2 aromatic rings. The number of carbonyl (C=O) groups excluding carboxylic acids is 2. The average molecular weight is 272 g/mol. The van der Waals surface area contributed by atoms with Crippen LogP contribution < -0.4 is 16.4 Å². The second-order valence-corrected chi connectivity index (χ2v) is 4.29. The van der Waals surface area contributed by atoms with Crippen LogP contribution in [-0.4, -0.2) is 30.4 Å². The van der Waals surface area contributed by atoms with Gasteiger partial charge in [0.05, 0.1) is 5.52 Å². The molecular weight excluding hydrogens is 256 g/mol. The summed E-state index contributed by atoms with van der Waals surface area (Å²) in [6.07, 6.45) is 0.227. The van der Waals surface area contributed by atoms with E-state index in [1.54, 1.807) is 13.1 Å². The number of carbonyl (C=O) groups is 2. The number of para-hydroxylation sites is 1. The summed E-state index contributed by atoms with van der Waals surface area (Å²) in [4.78, 5) is 27.3. The standard InChI is InChI=1S/C14H16N4O2/c1-16-13(19)6-7-17-14(20)12-8-10(15)9-4-2-3-5-11(9)18-12/h2-5,8H,6-7H2,1H3,(H2,15,18)(H,16,19)(H,17,20). The van der Waals surface area contributed by atoms with Gasteiger partial charge in [-0.3, -0.25) is 9.59 Å². The second kappa shape index (κ2) is 6.01. The van der Waals surface area contributed by atoms with E-state index >= 15 is 0 Å². The van der Waals surface area contributed by atoms with Gasteiger partial charge in [-0.25, -0.2) is 4.98 Å². The fourth-order valence-electron chi connectivity index (χ4n) is 1.82. The third-order valence-corrected chi connectivity index (χ3v) is 2.90. The first kappa shape index (κ1) is 13.8. The number of nitrogens with one attached hydrogen (secondary N) is 2. The summed E-state index contributed by atoms with van der Waals surface area (Å²) >= 11 is 0. The van der Waals surface area contributed by atoms with Crippen molar-refractivity contribution in [3.8, 4) is 0 Å². The van der Waals surface area contributed by atoms with Crippen LogP contribution >= 0.6 is 0 Å². The monoisotopic (exact) mass is 272 g/mol. The van der Waals surface area contributed by atoms with E-state index in [9.17, 15) is 9.59 Å². The molecule has 0 spiro atoms. The Morgan fingerprint density at radius 1 is 1.30 bits per heavy atom. The Bertz CT molecular complexity index is 655. The smallest absolute Gasteiger partial charge is 0.269 e. The summed E-state index contributed by atoms with van der Waals surface area (Å²) in [5.74, 6) is -0.470. The third-order valence-electron chi connectivity index (χ3n) is 2.90. The first-order valence-corrected chi connectivity index (χ1v) is 6.26. The molecule has 0 bridgehead atoms. The van der Waals surface area contributed by atoms with Crippen molar-refractivity contribution in [1.82, 2.24) is 15.6 Å². The molecule has 104 valence electrons. The van der Waals surface area contributed by atoms with E-state index < -0.39 is 0 Å². The molecule has 0 unspecified atom stereocenters. The summed E-state index contributed by atoms with van der Waals surface area (Å²) in [5, 5.41) is 5.94. The number of nitrogen functional groups attached to an aromatic ring is 1. The molecule has 0 saturated carbocycles. The van der Waals surface area contributed by atoms with Crippen molar-refractivity contribution < 1.29 is 9.59 Å². The number of rotatable bonds is 4. The minimum atomic E-state index is -0.341. The highest BCUT2D eigenvalue weighted by Crippen LogP contribution is 2.19. The van der Waals surface area contributed by atoms with Gasteiger partial charge in [-0.2, -0.15) is 0 Å².